The first-order valence-corrected chi connectivity index (χ1v) is 5.43. The van der Waals surface area contributed by atoms with Crippen LogP contribution in [0.3, 0.4) is 0 Å². The van der Waals surface area contributed by atoms with Crippen molar-refractivity contribution in [1.82, 2.24) is 5.32 Å². The summed E-state index contributed by atoms with van der Waals surface area (Å²) in [5, 5.41) is 5.97. The van der Waals surface area contributed by atoms with Gasteiger partial charge in [-0.05, 0) is 37.1 Å². The van der Waals surface area contributed by atoms with Gasteiger partial charge in [0.05, 0.1) is 6.04 Å². The largest absolute Gasteiger partial charge is 0.325 e. The minimum Gasteiger partial charge on any atom is -0.325 e. The fourth-order valence-corrected chi connectivity index (χ4v) is 1.57. The molecule has 3 nitrogen and oxygen atoms in total. The molecular formula is C12H16N2O. The summed E-state index contributed by atoms with van der Waals surface area (Å²) in [5.41, 5.74) is 2.17. The molecule has 0 saturated carbocycles. The fraction of sp³-hybridized carbons (Fsp3) is 0.417. The van der Waals surface area contributed by atoms with Gasteiger partial charge in [0.1, 0.15) is 0 Å². The van der Waals surface area contributed by atoms with Gasteiger partial charge in [-0.15, -0.1) is 0 Å². The molecule has 3 heteroatoms. The first kappa shape index (κ1) is 10.2. The second kappa shape index (κ2) is 4.45. The van der Waals surface area contributed by atoms with Crippen molar-refractivity contribution in [3.05, 3.63) is 29.8 Å². The van der Waals surface area contributed by atoms with E-state index in [2.05, 4.69) is 17.6 Å². The molecule has 15 heavy (non-hydrogen) atoms. The molecule has 1 heterocycles. The van der Waals surface area contributed by atoms with Gasteiger partial charge in [-0.3, -0.25) is 4.79 Å². The van der Waals surface area contributed by atoms with Gasteiger partial charge in [-0.25, -0.2) is 0 Å². The summed E-state index contributed by atoms with van der Waals surface area (Å²) in [7, 11) is 0. The SMILES string of the molecule is CCc1ccc(NC(=O)[C@H]2CCN2)cc1. The predicted octanol–water partition coefficient (Wildman–Crippen LogP) is 1.55. The molecule has 1 aromatic carbocycles. The highest BCUT2D eigenvalue weighted by Crippen LogP contribution is 2.12. The van der Waals surface area contributed by atoms with E-state index in [1.165, 1.54) is 5.56 Å². The van der Waals surface area contributed by atoms with Crippen molar-refractivity contribution < 1.29 is 4.79 Å². The Morgan fingerprint density at radius 3 is 2.60 bits per heavy atom. The van der Waals surface area contributed by atoms with E-state index < -0.39 is 0 Å². The number of amides is 1. The van der Waals surface area contributed by atoms with Crippen LogP contribution in [0.2, 0.25) is 0 Å². The Morgan fingerprint density at radius 2 is 2.13 bits per heavy atom. The van der Waals surface area contributed by atoms with Crippen LogP contribution in [0.25, 0.3) is 0 Å². The minimum atomic E-state index is 0.0100. The molecule has 0 aromatic heterocycles. The third kappa shape index (κ3) is 2.36. The summed E-state index contributed by atoms with van der Waals surface area (Å²) < 4.78 is 0. The molecule has 2 rings (SSSR count). The molecule has 1 fully saturated rings. The maximum absolute atomic E-state index is 11.6. The number of aryl methyl sites for hydroxylation is 1. The standard InChI is InChI=1S/C12H16N2O/c1-2-9-3-5-10(6-4-9)14-12(15)11-7-8-13-11/h3-6,11,13H,2,7-8H2,1H3,(H,14,15)/t11-/m1/s1. The molecule has 0 aliphatic carbocycles. The monoisotopic (exact) mass is 204 g/mol. The van der Waals surface area contributed by atoms with E-state index in [9.17, 15) is 4.79 Å². The van der Waals surface area contributed by atoms with Crippen LogP contribution in [0.1, 0.15) is 18.9 Å². The lowest BCUT2D eigenvalue weighted by Gasteiger charge is -2.26. The van der Waals surface area contributed by atoms with Gasteiger partial charge in [0.15, 0.2) is 0 Å². The molecule has 1 aliphatic rings. The molecule has 80 valence electrons. The van der Waals surface area contributed by atoms with Gasteiger partial charge < -0.3 is 10.6 Å². The van der Waals surface area contributed by atoms with E-state index in [0.29, 0.717) is 0 Å². The van der Waals surface area contributed by atoms with Crippen molar-refractivity contribution in [2.75, 3.05) is 11.9 Å². The zero-order chi connectivity index (χ0) is 10.7. The Hall–Kier alpha value is -1.35. The zero-order valence-electron chi connectivity index (χ0n) is 8.92. The van der Waals surface area contributed by atoms with E-state index in [1.54, 1.807) is 0 Å². The van der Waals surface area contributed by atoms with Crippen LogP contribution >= 0.6 is 0 Å². The van der Waals surface area contributed by atoms with Crippen molar-refractivity contribution >= 4 is 11.6 Å². The van der Waals surface area contributed by atoms with E-state index >= 15 is 0 Å². The van der Waals surface area contributed by atoms with E-state index in [1.807, 2.05) is 24.3 Å². The Balaban J connectivity index is 1.94. The number of hydrogen-bond acceptors (Lipinski definition) is 2. The molecular weight excluding hydrogens is 188 g/mol. The van der Waals surface area contributed by atoms with Crippen LogP contribution in [-0.2, 0) is 11.2 Å². The van der Waals surface area contributed by atoms with E-state index in [0.717, 1.165) is 25.1 Å². The van der Waals surface area contributed by atoms with Crippen LogP contribution < -0.4 is 10.6 Å². The van der Waals surface area contributed by atoms with Crippen molar-refractivity contribution in [2.24, 2.45) is 0 Å². The second-order valence-electron chi connectivity index (χ2n) is 3.84. The van der Waals surface area contributed by atoms with Crippen LogP contribution in [0, 0.1) is 0 Å². The molecule has 0 bridgehead atoms. The Labute approximate surface area is 89.9 Å². The maximum Gasteiger partial charge on any atom is 0.241 e. The quantitative estimate of drug-likeness (QED) is 0.784. The molecule has 1 aliphatic heterocycles. The van der Waals surface area contributed by atoms with Gasteiger partial charge in [-0.1, -0.05) is 19.1 Å². The van der Waals surface area contributed by atoms with Gasteiger partial charge in [0, 0.05) is 5.69 Å². The lowest BCUT2D eigenvalue weighted by atomic mass is 10.1. The number of anilines is 1. The Morgan fingerprint density at radius 1 is 1.47 bits per heavy atom. The predicted molar refractivity (Wildman–Crippen MR) is 60.9 cm³/mol. The molecule has 1 saturated heterocycles. The summed E-state index contributed by atoms with van der Waals surface area (Å²) in [6, 6.07) is 8.01. The number of carbonyl (C=O) groups is 1. The smallest absolute Gasteiger partial charge is 0.241 e. The third-order valence-electron chi connectivity index (χ3n) is 2.77. The third-order valence-corrected chi connectivity index (χ3v) is 2.77. The van der Waals surface area contributed by atoms with E-state index in [-0.39, 0.29) is 11.9 Å². The lowest BCUT2D eigenvalue weighted by Crippen LogP contribution is -2.50. The number of nitrogens with one attached hydrogen (secondary N) is 2. The second-order valence-corrected chi connectivity index (χ2v) is 3.84. The van der Waals surface area contributed by atoms with Crippen molar-refractivity contribution in [3.8, 4) is 0 Å². The highest BCUT2D eigenvalue weighted by atomic mass is 16.2. The van der Waals surface area contributed by atoms with Crippen LogP contribution in [-0.4, -0.2) is 18.5 Å². The highest BCUT2D eigenvalue weighted by molar-refractivity contribution is 5.95. The highest BCUT2D eigenvalue weighted by Gasteiger charge is 2.24. The normalized spacial score (nSPS) is 19.4. The van der Waals surface area contributed by atoms with E-state index in [4.69, 9.17) is 0 Å². The molecule has 0 spiro atoms. The van der Waals surface area contributed by atoms with Gasteiger partial charge in [0.2, 0.25) is 5.91 Å². The van der Waals surface area contributed by atoms with Crippen LogP contribution in [0.15, 0.2) is 24.3 Å². The number of carbonyl (C=O) groups excluding carboxylic acids is 1. The Bertz CT molecular complexity index is 341. The van der Waals surface area contributed by atoms with Crippen molar-refractivity contribution in [2.45, 2.75) is 25.8 Å². The molecule has 2 N–H and O–H groups in total. The average Bonchev–Trinajstić information content (AvgIpc) is 2.16. The molecule has 0 unspecified atom stereocenters. The summed E-state index contributed by atoms with van der Waals surface area (Å²) in [6.07, 6.45) is 1.97. The Kier molecular flexibility index (Phi) is 3.02. The zero-order valence-corrected chi connectivity index (χ0v) is 8.92. The topological polar surface area (TPSA) is 41.1 Å². The van der Waals surface area contributed by atoms with Crippen molar-refractivity contribution in [3.63, 3.8) is 0 Å². The first-order chi connectivity index (χ1) is 7.29. The van der Waals surface area contributed by atoms with Gasteiger partial charge >= 0.3 is 0 Å². The molecule has 1 aromatic rings. The summed E-state index contributed by atoms with van der Waals surface area (Å²) >= 11 is 0. The van der Waals surface area contributed by atoms with Crippen molar-refractivity contribution in [1.29, 1.82) is 0 Å². The summed E-state index contributed by atoms with van der Waals surface area (Å²) in [6.45, 7) is 3.07. The molecule has 1 atom stereocenters. The summed E-state index contributed by atoms with van der Waals surface area (Å²) in [5.74, 6) is 0.0745. The fourth-order valence-electron chi connectivity index (χ4n) is 1.57. The average molecular weight is 204 g/mol. The summed E-state index contributed by atoms with van der Waals surface area (Å²) in [4.78, 5) is 11.6. The first-order valence-electron chi connectivity index (χ1n) is 5.43. The minimum absolute atomic E-state index is 0.0100. The lowest BCUT2D eigenvalue weighted by molar-refractivity contribution is -0.119. The number of benzene rings is 1. The molecule has 0 radical (unpaired) electrons. The maximum atomic E-state index is 11.6. The molecule has 1 amide bonds. The van der Waals surface area contributed by atoms with Gasteiger partial charge in [0.25, 0.3) is 0 Å². The van der Waals surface area contributed by atoms with Gasteiger partial charge in [-0.2, -0.15) is 0 Å². The number of rotatable bonds is 3. The van der Waals surface area contributed by atoms with Crippen LogP contribution in [0.4, 0.5) is 5.69 Å². The number of hydrogen-bond donors (Lipinski definition) is 2. The van der Waals surface area contributed by atoms with Crippen LogP contribution in [0.5, 0.6) is 0 Å².